The highest BCUT2D eigenvalue weighted by Gasteiger charge is 2.46. The Morgan fingerprint density at radius 1 is 1.18 bits per heavy atom. The van der Waals surface area contributed by atoms with E-state index in [1.807, 2.05) is 0 Å². The minimum absolute atomic E-state index is 0.00149. The molecule has 8 nitrogen and oxygen atoms in total. The molecule has 0 unspecified atom stereocenters. The zero-order valence-electron chi connectivity index (χ0n) is 12.2. The van der Waals surface area contributed by atoms with Crippen molar-refractivity contribution in [3.8, 4) is 17.2 Å². The van der Waals surface area contributed by atoms with Crippen LogP contribution in [0.25, 0.3) is 0 Å². The Bertz CT molecular complexity index is 495. The van der Waals surface area contributed by atoms with Gasteiger partial charge in [-0.2, -0.15) is 0 Å². The summed E-state index contributed by atoms with van der Waals surface area (Å²) < 4.78 is 15.8. The summed E-state index contributed by atoms with van der Waals surface area (Å²) in [4.78, 5) is 0. The third-order valence-corrected chi connectivity index (χ3v) is 3.57. The van der Waals surface area contributed by atoms with Crippen LogP contribution in [-0.2, 0) is 9.47 Å². The van der Waals surface area contributed by atoms with Crippen LogP contribution in [0.4, 0.5) is 0 Å². The number of phenols is 2. The molecule has 0 aromatic heterocycles. The smallest absolute Gasteiger partial charge is 0.229 e. The number of aryl methyl sites for hydroxylation is 1. The molecule has 0 spiro atoms. The van der Waals surface area contributed by atoms with Gasteiger partial charge in [-0.25, -0.2) is 0 Å². The molecule has 1 aliphatic rings. The number of rotatable bonds is 4. The summed E-state index contributed by atoms with van der Waals surface area (Å²) in [6.07, 6.45) is -5.89. The molecule has 0 radical (unpaired) electrons. The van der Waals surface area contributed by atoms with Gasteiger partial charge < -0.3 is 39.7 Å². The van der Waals surface area contributed by atoms with Crippen LogP contribution in [0.1, 0.15) is 5.56 Å². The summed E-state index contributed by atoms with van der Waals surface area (Å²) in [6, 6.07) is 2.44. The Hall–Kier alpha value is -1.58. The molecule has 0 amide bonds. The molecule has 0 aliphatic carbocycles. The number of benzene rings is 1. The zero-order valence-corrected chi connectivity index (χ0v) is 12.2. The monoisotopic (exact) mass is 316 g/mol. The SMILES string of the molecule is CO[C@@H]1[C@@H](O)[C@H](O)[C@@H](Oc2c(C)cc(O)cc2O)O[C@H]1CO. The van der Waals surface area contributed by atoms with E-state index in [0.717, 1.165) is 6.07 Å². The topological polar surface area (TPSA) is 129 Å². The Labute approximate surface area is 127 Å². The van der Waals surface area contributed by atoms with Gasteiger partial charge in [0.2, 0.25) is 6.29 Å². The van der Waals surface area contributed by atoms with Crippen LogP contribution in [0.15, 0.2) is 12.1 Å². The predicted molar refractivity (Wildman–Crippen MR) is 73.7 cm³/mol. The highest BCUT2D eigenvalue weighted by atomic mass is 16.7. The molecule has 5 atom stereocenters. The first-order chi connectivity index (χ1) is 10.4. The summed E-state index contributed by atoms with van der Waals surface area (Å²) in [5.74, 6) is -0.473. The maximum Gasteiger partial charge on any atom is 0.229 e. The molecule has 1 aromatic carbocycles. The van der Waals surface area contributed by atoms with Crippen molar-refractivity contribution in [3.63, 3.8) is 0 Å². The van der Waals surface area contributed by atoms with Gasteiger partial charge in [0.1, 0.15) is 30.2 Å². The van der Waals surface area contributed by atoms with E-state index in [0.29, 0.717) is 5.56 Å². The Balaban J connectivity index is 2.22. The van der Waals surface area contributed by atoms with Gasteiger partial charge in [-0.15, -0.1) is 0 Å². The van der Waals surface area contributed by atoms with Gasteiger partial charge in [-0.3, -0.25) is 0 Å². The fourth-order valence-corrected chi connectivity index (χ4v) is 2.45. The molecule has 1 aliphatic heterocycles. The first kappa shape index (κ1) is 16.8. The first-order valence-electron chi connectivity index (χ1n) is 6.73. The van der Waals surface area contributed by atoms with Crippen LogP contribution < -0.4 is 4.74 Å². The maximum atomic E-state index is 10.1. The second kappa shape index (κ2) is 6.67. The van der Waals surface area contributed by atoms with Crippen molar-refractivity contribution in [1.82, 2.24) is 0 Å². The van der Waals surface area contributed by atoms with E-state index in [2.05, 4.69) is 0 Å². The molecule has 2 rings (SSSR count). The van der Waals surface area contributed by atoms with E-state index in [1.165, 1.54) is 13.2 Å². The van der Waals surface area contributed by atoms with E-state index in [9.17, 15) is 25.5 Å². The molecule has 1 aromatic rings. The van der Waals surface area contributed by atoms with Gasteiger partial charge >= 0.3 is 0 Å². The third kappa shape index (κ3) is 3.11. The van der Waals surface area contributed by atoms with E-state index in [1.54, 1.807) is 6.92 Å². The van der Waals surface area contributed by atoms with Gasteiger partial charge in [-0.1, -0.05) is 0 Å². The highest BCUT2D eigenvalue weighted by Crippen LogP contribution is 2.36. The normalized spacial score (nSPS) is 32.0. The van der Waals surface area contributed by atoms with Crippen LogP contribution in [0.2, 0.25) is 0 Å². The molecule has 0 bridgehead atoms. The number of phenolic OH excluding ortho intramolecular Hbond substituents is 2. The molecule has 1 heterocycles. The van der Waals surface area contributed by atoms with Crippen molar-refractivity contribution >= 4 is 0 Å². The molecule has 1 fully saturated rings. The summed E-state index contributed by atoms with van der Waals surface area (Å²) in [5.41, 5.74) is 0.414. The molecule has 22 heavy (non-hydrogen) atoms. The lowest BCUT2D eigenvalue weighted by atomic mass is 9.99. The summed E-state index contributed by atoms with van der Waals surface area (Å²) in [7, 11) is 1.32. The van der Waals surface area contributed by atoms with Crippen molar-refractivity contribution in [2.75, 3.05) is 13.7 Å². The zero-order chi connectivity index (χ0) is 16.4. The van der Waals surface area contributed by atoms with Crippen LogP contribution in [0.3, 0.4) is 0 Å². The number of aromatic hydroxyl groups is 2. The average Bonchev–Trinajstić information content (AvgIpc) is 2.46. The quantitative estimate of drug-likeness (QED) is 0.490. The van der Waals surface area contributed by atoms with Crippen molar-refractivity contribution in [3.05, 3.63) is 17.7 Å². The number of aliphatic hydroxyl groups is 3. The Kier molecular flexibility index (Phi) is 5.09. The average molecular weight is 316 g/mol. The summed E-state index contributed by atoms with van der Waals surface area (Å²) in [5, 5.41) is 48.6. The third-order valence-electron chi connectivity index (χ3n) is 3.57. The minimum Gasteiger partial charge on any atom is -0.508 e. The van der Waals surface area contributed by atoms with Crippen molar-refractivity contribution in [2.24, 2.45) is 0 Å². The van der Waals surface area contributed by atoms with Crippen LogP contribution in [0, 0.1) is 6.92 Å². The fourth-order valence-electron chi connectivity index (χ4n) is 2.45. The number of hydrogen-bond acceptors (Lipinski definition) is 8. The largest absolute Gasteiger partial charge is 0.508 e. The molecule has 8 heteroatoms. The van der Waals surface area contributed by atoms with Crippen LogP contribution >= 0.6 is 0 Å². The van der Waals surface area contributed by atoms with Gasteiger partial charge in [0.05, 0.1) is 6.61 Å². The predicted octanol–water partition coefficient (Wildman–Crippen LogP) is -0.761. The van der Waals surface area contributed by atoms with Gasteiger partial charge in [0.25, 0.3) is 0 Å². The Morgan fingerprint density at radius 3 is 2.41 bits per heavy atom. The Morgan fingerprint density at radius 2 is 1.86 bits per heavy atom. The van der Waals surface area contributed by atoms with E-state index in [4.69, 9.17) is 14.2 Å². The van der Waals surface area contributed by atoms with Crippen molar-refractivity contribution in [2.45, 2.75) is 37.6 Å². The summed E-state index contributed by atoms with van der Waals surface area (Å²) in [6.45, 7) is 1.14. The lowest BCUT2D eigenvalue weighted by Crippen LogP contribution is -2.60. The molecular formula is C14H20O8. The highest BCUT2D eigenvalue weighted by molar-refractivity contribution is 5.50. The van der Waals surface area contributed by atoms with E-state index < -0.39 is 37.3 Å². The fraction of sp³-hybridized carbons (Fsp3) is 0.571. The molecule has 124 valence electrons. The molecular weight excluding hydrogens is 296 g/mol. The summed E-state index contributed by atoms with van der Waals surface area (Å²) >= 11 is 0. The second-order valence-corrected chi connectivity index (χ2v) is 5.14. The van der Waals surface area contributed by atoms with Crippen molar-refractivity contribution < 1.29 is 39.7 Å². The number of hydrogen-bond donors (Lipinski definition) is 5. The van der Waals surface area contributed by atoms with E-state index in [-0.39, 0.29) is 17.2 Å². The molecule has 1 saturated heterocycles. The van der Waals surface area contributed by atoms with Gasteiger partial charge in [0, 0.05) is 13.2 Å². The number of methoxy groups -OCH3 is 1. The van der Waals surface area contributed by atoms with Gasteiger partial charge in [-0.05, 0) is 18.6 Å². The standard InChI is InChI=1S/C14H20O8/c1-6-3-7(16)4-8(17)12(6)22-14-11(19)10(18)13(20-2)9(5-15)21-14/h3-4,9-11,13-19H,5H2,1-2H3/t9-,10-,11-,13-,14+/m0/s1. The molecule has 0 saturated carbocycles. The molecule has 5 N–H and O–H groups in total. The van der Waals surface area contributed by atoms with Crippen LogP contribution in [0.5, 0.6) is 17.2 Å². The maximum absolute atomic E-state index is 10.1. The second-order valence-electron chi connectivity index (χ2n) is 5.14. The number of ether oxygens (including phenoxy) is 3. The lowest BCUT2D eigenvalue weighted by Gasteiger charge is -2.41. The van der Waals surface area contributed by atoms with E-state index >= 15 is 0 Å². The van der Waals surface area contributed by atoms with Crippen LogP contribution in [-0.4, -0.2) is 70.0 Å². The first-order valence-corrected chi connectivity index (χ1v) is 6.73. The minimum atomic E-state index is -1.44. The lowest BCUT2D eigenvalue weighted by molar-refractivity contribution is -0.282. The number of aliphatic hydroxyl groups excluding tert-OH is 3. The van der Waals surface area contributed by atoms with Gasteiger partial charge in [0.15, 0.2) is 11.5 Å². The van der Waals surface area contributed by atoms with Crippen molar-refractivity contribution in [1.29, 1.82) is 0 Å².